The lowest BCUT2D eigenvalue weighted by atomic mass is 10.2. The lowest BCUT2D eigenvalue weighted by Gasteiger charge is -2.18. The van der Waals surface area contributed by atoms with Gasteiger partial charge in [-0.1, -0.05) is 17.7 Å². The third-order valence-electron chi connectivity index (χ3n) is 3.37. The summed E-state index contributed by atoms with van der Waals surface area (Å²) >= 11 is 7.74. The lowest BCUT2D eigenvalue weighted by molar-refractivity contribution is -0.122. The van der Waals surface area contributed by atoms with E-state index < -0.39 is 0 Å². The van der Waals surface area contributed by atoms with Crippen LogP contribution in [0.3, 0.4) is 0 Å². The Morgan fingerprint density at radius 2 is 2.22 bits per heavy atom. The summed E-state index contributed by atoms with van der Waals surface area (Å²) in [6.45, 7) is 1.59. The van der Waals surface area contributed by atoms with Gasteiger partial charge in [0.1, 0.15) is 5.75 Å². The predicted molar refractivity (Wildman–Crippen MR) is 95.4 cm³/mol. The van der Waals surface area contributed by atoms with Crippen molar-refractivity contribution in [3.05, 3.63) is 51.2 Å². The Bertz CT molecular complexity index is 632. The fourth-order valence-corrected chi connectivity index (χ4v) is 3.20. The van der Waals surface area contributed by atoms with E-state index in [0.717, 1.165) is 17.7 Å². The van der Waals surface area contributed by atoms with Crippen LogP contribution in [-0.4, -0.2) is 38.1 Å². The molecular weight excluding hydrogens is 332 g/mol. The molecule has 2 rings (SSSR count). The molecule has 4 nitrogen and oxygen atoms in total. The summed E-state index contributed by atoms with van der Waals surface area (Å²) in [5, 5.41) is 5.65. The van der Waals surface area contributed by atoms with Gasteiger partial charge in [0.15, 0.2) is 0 Å². The topological polar surface area (TPSA) is 41.6 Å². The second kappa shape index (κ2) is 8.91. The molecule has 0 aliphatic heterocycles. The van der Waals surface area contributed by atoms with Gasteiger partial charge in [-0.05, 0) is 43.1 Å². The molecule has 2 aromatic rings. The zero-order valence-electron chi connectivity index (χ0n) is 13.3. The highest BCUT2D eigenvalue weighted by Gasteiger charge is 2.10. The molecule has 1 heterocycles. The molecule has 124 valence electrons. The summed E-state index contributed by atoms with van der Waals surface area (Å²) in [5.41, 5.74) is 0.967. The Morgan fingerprint density at radius 1 is 1.39 bits per heavy atom. The van der Waals surface area contributed by atoms with Gasteiger partial charge >= 0.3 is 0 Å². The molecule has 0 saturated heterocycles. The molecule has 0 fully saturated rings. The van der Waals surface area contributed by atoms with Gasteiger partial charge in [-0.25, -0.2) is 0 Å². The van der Waals surface area contributed by atoms with Crippen molar-refractivity contribution >= 4 is 28.8 Å². The number of methoxy groups -OCH3 is 1. The lowest BCUT2D eigenvalue weighted by Crippen LogP contribution is -2.35. The van der Waals surface area contributed by atoms with Crippen LogP contribution in [0.1, 0.15) is 10.4 Å². The van der Waals surface area contributed by atoms with Crippen LogP contribution in [0, 0.1) is 0 Å². The first kappa shape index (κ1) is 17.8. The number of halogens is 1. The summed E-state index contributed by atoms with van der Waals surface area (Å²) in [4.78, 5) is 15.2. The maximum atomic E-state index is 12.0. The summed E-state index contributed by atoms with van der Waals surface area (Å²) < 4.78 is 5.33. The van der Waals surface area contributed by atoms with Crippen LogP contribution in [0.4, 0.5) is 0 Å². The van der Waals surface area contributed by atoms with Crippen molar-refractivity contribution in [1.29, 1.82) is 0 Å². The highest BCUT2D eigenvalue weighted by molar-refractivity contribution is 7.09. The highest BCUT2D eigenvalue weighted by atomic mass is 35.5. The number of rotatable bonds is 8. The number of benzene rings is 1. The van der Waals surface area contributed by atoms with Crippen LogP contribution in [0.25, 0.3) is 0 Å². The quantitative estimate of drug-likeness (QED) is 0.793. The van der Waals surface area contributed by atoms with Crippen molar-refractivity contribution in [2.45, 2.75) is 13.0 Å². The van der Waals surface area contributed by atoms with E-state index in [4.69, 9.17) is 16.3 Å². The molecule has 0 aliphatic carbocycles. The molecule has 1 amide bonds. The van der Waals surface area contributed by atoms with Crippen molar-refractivity contribution < 1.29 is 9.53 Å². The SMILES string of the molecule is COc1ccc(Cl)cc1CN(C)CC(=O)NCCc1cccs1. The molecule has 0 bridgehead atoms. The minimum absolute atomic E-state index is 0.0186. The number of nitrogens with one attached hydrogen (secondary N) is 1. The number of ether oxygens (including phenoxy) is 1. The predicted octanol–water partition coefficient (Wildman–Crippen LogP) is 3.20. The smallest absolute Gasteiger partial charge is 0.234 e. The monoisotopic (exact) mass is 352 g/mol. The zero-order valence-corrected chi connectivity index (χ0v) is 14.9. The number of hydrogen-bond acceptors (Lipinski definition) is 4. The molecule has 0 atom stereocenters. The Hall–Kier alpha value is -1.56. The van der Waals surface area contributed by atoms with E-state index in [1.165, 1.54) is 4.88 Å². The normalized spacial score (nSPS) is 10.8. The van der Waals surface area contributed by atoms with Crippen molar-refractivity contribution in [2.75, 3.05) is 27.2 Å². The van der Waals surface area contributed by atoms with E-state index in [1.54, 1.807) is 24.5 Å². The molecule has 0 saturated carbocycles. The third-order valence-corrected chi connectivity index (χ3v) is 4.54. The van der Waals surface area contributed by atoms with Crippen LogP contribution in [0.15, 0.2) is 35.7 Å². The average Bonchev–Trinajstić information content (AvgIpc) is 3.00. The first-order valence-corrected chi connectivity index (χ1v) is 8.64. The standard InChI is InChI=1S/C17H21ClN2O2S/c1-20(11-13-10-14(18)5-6-16(13)22-2)12-17(21)19-8-7-15-4-3-9-23-15/h3-6,9-10H,7-8,11-12H2,1-2H3,(H,19,21). The first-order chi connectivity index (χ1) is 11.1. The number of carbonyl (C=O) groups is 1. The average molecular weight is 353 g/mol. The van der Waals surface area contributed by atoms with E-state index in [0.29, 0.717) is 24.7 Å². The molecule has 1 aromatic carbocycles. The molecule has 0 unspecified atom stereocenters. The molecule has 23 heavy (non-hydrogen) atoms. The van der Waals surface area contributed by atoms with Gasteiger partial charge in [-0.3, -0.25) is 9.69 Å². The third kappa shape index (κ3) is 5.86. The second-order valence-electron chi connectivity index (χ2n) is 5.31. The minimum atomic E-state index is 0.0186. The van der Waals surface area contributed by atoms with Gasteiger partial charge in [0, 0.05) is 28.6 Å². The number of nitrogens with zero attached hydrogens (tertiary/aromatic N) is 1. The second-order valence-corrected chi connectivity index (χ2v) is 6.78. The van der Waals surface area contributed by atoms with Gasteiger partial charge in [0.05, 0.1) is 13.7 Å². The minimum Gasteiger partial charge on any atom is -0.496 e. The number of hydrogen-bond donors (Lipinski definition) is 1. The Labute approximate surface area is 146 Å². The highest BCUT2D eigenvalue weighted by Crippen LogP contribution is 2.23. The fourth-order valence-electron chi connectivity index (χ4n) is 2.30. The number of carbonyl (C=O) groups excluding carboxylic acids is 1. The molecular formula is C17H21ClN2O2S. The largest absolute Gasteiger partial charge is 0.496 e. The molecule has 0 radical (unpaired) electrons. The molecule has 1 N–H and O–H groups in total. The summed E-state index contributed by atoms with van der Waals surface area (Å²) in [6, 6.07) is 9.60. The molecule has 0 aliphatic rings. The van der Waals surface area contributed by atoms with Gasteiger partial charge in [-0.15, -0.1) is 11.3 Å². The van der Waals surface area contributed by atoms with Crippen molar-refractivity contribution in [3.63, 3.8) is 0 Å². The van der Waals surface area contributed by atoms with Crippen LogP contribution >= 0.6 is 22.9 Å². The number of thiophene rings is 1. The summed E-state index contributed by atoms with van der Waals surface area (Å²) in [5.74, 6) is 0.796. The van der Waals surface area contributed by atoms with Crippen molar-refractivity contribution in [1.82, 2.24) is 10.2 Å². The van der Waals surface area contributed by atoms with Crippen LogP contribution in [0.2, 0.25) is 5.02 Å². The Kier molecular flexibility index (Phi) is 6.89. The van der Waals surface area contributed by atoms with E-state index in [1.807, 2.05) is 35.5 Å². The zero-order chi connectivity index (χ0) is 16.7. The van der Waals surface area contributed by atoms with E-state index in [9.17, 15) is 4.79 Å². The molecule has 1 aromatic heterocycles. The van der Waals surface area contributed by atoms with E-state index in [2.05, 4.69) is 11.4 Å². The number of likely N-dealkylation sites (N-methyl/N-ethyl adjacent to an activating group) is 1. The van der Waals surface area contributed by atoms with Gasteiger partial charge in [0.25, 0.3) is 0 Å². The van der Waals surface area contributed by atoms with Gasteiger partial charge in [-0.2, -0.15) is 0 Å². The summed E-state index contributed by atoms with van der Waals surface area (Å²) in [7, 11) is 3.53. The molecule has 6 heteroatoms. The Balaban J connectivity index is 1.78. The van der Waals surface area contributed by atoms with Crippen LogP contribution in [0.5, 0.6) is 5.75 Å². The number of amides is 1. The fraction of sp³-hybridized carbons (Fsp3) is 0.353. The van der Waals surface area contributed by atoms with Gasteiger partial charge in [0.2, 0.25) is 5.91 Å². The summed E-state index contributed by atoms with van der Waals surface area (Å²) in [6.07, 6.45) is 0.870. The molecule has 0 spiro atoms. The first-order valence-electron chi connectivity index (χ1n) is 7.38. The van der Waals surface area contributed by atoms with Crippen LogP contribution < -0.4 is 10.1 Å². The van der Waals surface area contributed by atoms with Crippen molar-refractivity contribution in [3.8, 4) is 5.75 Å². The van der Waals surface area contributed by atoms with Gasteiger partial charge < -0.3 is 10.1 Å². The van der Waals surface area contributed by atoms with Crippen molar-refractivity contribution in [2.24, 2.45) is 0 Å². The van der Waals surface area contributed by atoms with E-state index in [-0.39, 0.29) is 5.91 Å². The maximum Gasteiger partial charge on any atom is 0.234 e. The maximum absolute atomic E-state index is 12.0. The van der Waals surface area contributed by atoms with E-state index >= 15 is 0 Å². The van der Waals surface area contributed by atoms with Crippen LogP contribution in [-0.2, 0) is 17.8 Å². The Morgan fingerprint density at radius 3 is 2.91 bits per heavy atom.